The summed E-state index contributed by atoms with van der Waals surface area (Å²) in [5.41, 5.74) is 7.33. The van der Waals surface area contributed by atoms with Crippen LogP contribution in [0, 0.1) is 0 Å². The van der Waals surface area contributed by atoms with E-state index in [0.717, 1.165) is 24.2 Å². The van der Waals surface area contributed by atoms with E-state index in [-0.39, 0.29) is 17.9 Å². The highest BCUT2D eigenvalue weighted by molar-refractivity contribution is 5.95. The Bertz CT molecular complexity index is 516. The smallest absolute Gasteiger partial charge is 0.227 e. The summed E-state index contributed by atoms with van der Waals surface area (Å²) in [7, 11) is 0. The number of carbonyl (C=O) groups is 2. The van der Waals surface area contributed by atoms with Crippen LogP contribution in [-0.2, 0) is 9.59 Å². The second kappa shape index (κ2) is 7.22. The van der Waals surface area contributed by atoms with Crippen LogP contribution < -0.4 is 16.0 Å². The Morgan fingerprint density at radius 2 is 2.29 bits per heavy atom. The Morgan fingerprint density at radius 1 is 1.48 bits per heavy atom. The quantitative estimate of drug-likeness (QED) is 0.837. The summed E-state index contributed by atoms with van der Waals surface area (Å²) in [4.78, 5) is 25.4. The molecule has 2 amide bonds. The lowest BCUT2D eigenvalue weighted by atomic mass is 10.1. The number of hydrogen-bond donors (Lipinski definition) is 2. The fourth-order valence-electron chi connectivity index (χ4n) is 2.54. The van der Waals surface area contributed by atoms with Gasteiger partial charge in [-0.25, -0.2) is 0 Å². The molecule has 1 heterocycles. The maximum absolute atomic E-state index is 11.8. The minimum atomic E-state index is -0.0760. The Labute approximate surface area is 125 Å². The Kier molecular flexibility index (Phi) is 5.33. The van der Waals surface area contributed by atoms with Gasteiger partial charge in [0.05, 0.1) is 6.04 Å². The summed E-state index contributed by atoms with van der Waals surface area (Å²) in [6, 6.07) is 7.75. The Balaban J connectivity index is 2.02. The number of anilines is 1. The standard InChI is InChI=1S/C16H23N3O2/c1-12(18-15(20)7-3-9-17)13-5-2-6-14(11-13)19-10-4-8-16(19)21/h2,5-6,11-12H,3-4,7-10,17H2,1H3,(H,18,20). The molecule has 0 radical (unpaired) electrons. The van der Waals surface area contributed by atoms with E-state index < -0.39 is 0 Å². The highest BCUT2D eigenvalue weighted by Crippen LogP contribution is 2.24. The molecule has 1 aliphatic heterocycles. The zero-order valence-electron chi connectivity index (χ0n) is 12.5. The molecule has 1 aliphatic rings. The summed E-state index contributed by atoms with van der Waals surface area (Å²) in [6.07, 6.45) is 2.68. The first-order valence-electron chi connectivity index (χ1n) is 7.51. The largest absolute Gasteiger partial charge is 0.350 e. The van der Waals surface area contributed by atoms with Crippen LogP contribution >= 0.6 is 0 Å². The second-order valence-electron chi connectivity index (χ2n) is 5.43. The van der Waals surface area contributed by atoms with Crippen LogP contribution in [0.2, 0.25) is 0 Å². The van der Waals surface area contributed by atoms with Crippen molar-refractivity contribution in [3.05, 3.63) is 29.8 Å². The van der Waals surface area contributed by atoms with Gasteiger partial charge in [0.15, 0.2) is 0 Å². The Morgan fingerprint density at radius 3 is 2.95 bits per heavy atom. The average molecular weight is 289 g/mol. The highest BCUT2D eigenvalue weighted by Gasteiger charge is 2.22. The summed E-state index contributed by atoms with van der Waals surface area (Å²) in [6.45, 7) is 3.25. The molecule has 3 N–H and O–H groups in total. The lowest BCUT2D eigenvalue weighted by molar-refractivity contribution is -0.121. The maximum atomic E-state index is 11.8. The fourth-order valence-corrected chi connectivity index (χ4v) is 2.54. The van der Waals surface area contributed by atoms with Crippen molar-refractivity contribution in [2.45, 2.75) is 38.6 Å². The van der Waals surface area contributed by atoms with E-state index >= 15 is 0 Å². The summed E-state index contributed by atoms with van der Waals surface area (Å²) in [5, 5.41) is 2.96. The minimum absolute atomic E-state index is 0.00982. The lowest BCUT2D eigenvalue weighted by Gasteiger charge is -2.19. The average Bonchev–Trinajstić information content (AvgIpc) is 2.91. The Hall–Kier alpha value is -1.88. The summed E-state index contributed by atoms with van der Waals surface area (Å²) < 4.78 is 0. The number of hydrogen-bond acceptors (Lipinski definition) is 3. The van der Waals surface area contributed by atoms with Gasteiger partial charge in [0, 0.05) is 25.1 Å². The molecule has 0 bridgehead atoms. The zero-order valence-corrected chi connectivity index (χ0v) is 12.5. The van der Waals surface area contributed by atoms with Crippen LogP contribution in [0.15, 0.2) is 24.3 Å². The van der Waals surface area contributed by atoms with Crippen molar-refractivity contribution in [2.24, 2.45) is 5.73 Å². The van der Waals surface area contributed by atoms with Crippen LogP contribution in [0.1, 0.15) is 44.2 Å². The van der Waals surface area contributed by atoms with Crippen LogP contribution in [-0.4, -0.2) is 24.9 Å². The third-order valence-corrected chi connectivity index (χ3v) is 3.74. The molecule has 1 fully saturated rings. The van der Waals surface area contributed by atoms with Gasteiger partial charge in [-0.1, -0.05) is 12.1 Å². The highest BCUT2D eigenvalue weighted by atomic mass is 16.2. The van der Waals surface area contributed by atoms with E-state index in [1.807, 2.05) is 36.1 Å². The third-order valence-electron chi connectivity index (χ3n) is 3.74. The molecule has 5 heteroatoms. The number of benzene rings is 1. The van der Waals surface area contributed by atoms with E-state index in [1.165, 1.54) is 0 Å². The van der Waals surface area contributed by atoms with Gasteiger partial charge in [0.25, 0.3) is 0 Å². The van der Waals surface area contributed by atoms with Crippen molar-refractivity contribution in [3.63, 3.8) is 0 Å². The normalized spacial score (nSPS) is 16.1. The van der Waals surface area contributed by atoms with Crippen molar-refractivity contribution in [1.82, 2.24) is 5.32 Å². The number of nitrogens with zero attached hydrogens (tertiary/aromatic N) is 1. The molecular weight excluding hydrogens is 266 g/mol. The predicted octanol–water partition coefficient (Wildman–Crippen LogP) is 1.73. The zero-order chi connectivity index (χ0) is 15.2. The third kappa shape index (κ3) is 4.04. The molecule has 1 atom stereocenters. The van der Waals surface area contributed by atoms with Gasteiger partial charge in [-0.2, -0.15) is 0 Å². The monoisotopic (exact) mass is 289 g/mol. The van der Waals surface area contributed by atoms with Gasteiger partial charge in [-0.15, -0.1) is 0 Å². The second-order valence-corrected chi connectivity index (χ2v) is 5.43. The fraction of sp³-hybridized carbons (Fsp3) is 0.500. The predicted molar refractivity (Wildman–Crippen MR) is 82.9 cm³/mol. The van der Waals surface area contributed by atoms with Crippen molar-refractivity contribution in [1.29, 1.82) is 0 Å². The molecule has 5 nitrogen and oxygen atoms in total. The molecule has 1 unspecified atom stereocenters. The van der Waals surface area contributed by atoms with Crippen LogP contribution in [0.3, 0.4) is 0 Å². The topological polar surface area (TPSA) is 75.4 Å². The first kappa shape index (κ1) is 15.5. The van der Waals surface area contributed by atoms with Gasteiger partial charge < -0.3 is 16.0 Å². The minimum Gasteiger partial charge on any atom is -0.350 e. The van der Waals surface area contributed by atoms with Crippen LogP contribution in [0.5, 0.6) is 0 Å². The molecule has 1 aromatic rings. The number of nitrogens with two attached hydrogens (primary N) is 1. The molecule has 0 aromatic heterocycles. The van der Waals surface area contributed by atoms with Crippen molar-refractivity contribution < 1.29 is 9.59 Å². The molecule has 21 heavy (non-hydrogen) atoms. The van der Waals surface area contributed by atoms with Crippen LogP contribution in [0.4, 0.5) is 5.69 Å². The van der Waals surface area contributed by atoms with E-state index in [4.69, 9.17) is 5.73 Å². The van der Waals surface area contributed by atoms with E-state index in [9.17, 15) is 9.59 Å². The van der Waals surface area contributed by atoms with Gasteiger partial charge in [-0.05, 0) is 44.0 Å². The summed E-state index contributed by atoms with van der Waals surface area (Å²) >= 11 is 0. The molecule has 0 saturated carbocycles. The number of amides is 2. The molecule has 0 aliphatic carbocycles. The maximum Gasteiger partial charge on any atom is 0.227 e. The van der Waals surface area contributed by atoms with E-state index in [1.54, 1.807) is 0 Å². The number of rotatable bonds is 6. The molecular formula is C16H23N3O2. The van der Waals surface area contributed by atoms with E-state index in [2.05, 4.69) is 5.32 Å². The van der Waals surface area contributed by atoms with Crippen molar-refractivity contribution >= 4 is 17.5 Å². The first-order chi connectivity index (χ1) is 10.1. The van der Waals surface area contributed by atoms with E-state index in [0.29, 0.717) is 25.8 Å². The number of carbonyl (C=O) groups excluding carboxylic acids is 2. The first-order valence-corrected chi connectivity index (χ1v) is 7.51. The van der Waals surface area contributed by atoms with Crippen molar-refractivity contribution in [2.75, 3.05) is 18.0 Å². The molecule has 1 saturated heterocycles. The van der Waals surface area contributed by atoms with Gasteiger partial charge in [0.1, 0.15) is 0 Å². The number of nitrogens with one attached hydrogen (secondary N) is 1. The van der Waals surface area contributed by atoms with Crippen molar-refractivity contribution in [3.8, 4) is 0 Å². The lowest BCUT2D eigenvalue weighted by Crippen LogP contribution is -2.27. The molecule has 1 aromatic carbocycles. The molecule has 0 spiro atoms. The van der Waals surface area contributed by atoms with Gasteiger partial charge in [-0.3, -0.25) is 9.59 Å². The van der Waals surface area contributed by atoms with Gasteiger partial charge >= 0.3 is 0 Å². The molecule has 2 rings (SSSR count). The SMILES string of the molecule is CC(NC(=O)CCCN)c1cccc(N2CCCC2=O)c1. The van der Waals surface area contributed by atoms with Crippen LogP contribution in [0.25, 0.3) is 0 Å². The van der Waals surface area contributed by atoms with Gasteiger partial charge in [0.2, 0.25) is 11.8 Å². The molecule has 114 valence electrons. The summed E-state index contributed by atoms with van der Waals surface area (Å²) in [5.74, 6) is 0.183.